The standard InChI is InChI=1S/C24H34ClN5O5/c1-3-16(2)21(27-22(31)17-9-10-19(25)20(15-17)30(34)35)23(32)28-11-13-29(14-12-28)24(33)26-18-7-5-4-6-8-18/h9-10,15-16,18,21H,3-8,11-14H2,1-2H3,(H,26,33)(H,27,31). The lowest BCUT2D eigenvalue weighted by atomic mass is 9.96. The van der Waals surface area contributed by atoms with Crippen molar-refractivity contribution >= 4 is 35.1 Å². The third-order valence-corrected chi connectivity index (χ3v) is 7.30. The molecule has 11 heteroatoms. The molecule has 1 aromatic rings. The second-order valence-corrected chi connectivity index (χ2v) is 9.76. The summed E-state index contributed by atoms with van der Waals surface area (Å²) < 4.78 is 0. The maximum Gasteiger partial charge on any atom is 0.317 e. The van der Waals surface area contributed by atoms with Gasteiger partial charge in [-0.15, -0.1) is 0 Å². The van der Waals surface area contributed by atoms with Crippen LogP contribution in [0.25, 0.3) is 0 Å². The first-order valence-electron chi connectivity index (χ1n) is 12.3. The number of hydrogen-bond donors (Lipinski definition) is 2. The van der Waals surface area contributed by atoms with E-state index < -0.39 is 16.9 Å². The van der Waals surface area contributed by atoms with Gasteiger partial charge >= 0.3 is 6.03 Å². The first-order valence-corrected chi connectivity index (χ1v) is 12.7. The van der Waals surface area contributed by atoms with Crippen molar-refractivity contribution in [1.82, 2.24) is 20.4 Å². The normalized spacial score (nSPS) is 18.5. The van der Waals surface area contributed by atoms with E-state index in [1.54, 1.807) is 9.80 Å². The molecule has 2 aliphatic rings. The van der Waals surface area contributed by atoms with Gasteiger partial charge in [-0.3, -0.25) is 19.7 Å². The van der Waals surface area contributed by atoms with Crippen molar-refractivity contribution in [1.29, 1.82) is 0 Å². The number of carbonyl (C=O) groups is 3. The van der Waals surface area contributed by atoms with Gasteiger partial charge in [-0.25, -0.2) is 4.79 Å². The molecule has 1 aliphatic carbocycles. The summed E-state index contributed by atoms with van der Waals surface area (Å²) in [5, 5.41) is 17.0. The lowest BCUT2D eigenvalue weighted by molar-refractivity contribution is -0.384. The number of nitro benzene ring substituents is 1. The van der Waals surface area contributed by atoms with Crippen molar-refractivity contribution in [3.63, 3.8) is 0 Å². The zero-order valence-corrected chi connectivity index (χ0v) is 21.1. The van der Waals surface area contributed by atoms with Crippen LogP contribution in [0.1, 0.15) is 62.7 Å². The van der Waals surface area contributed by atoms with Crippen LogP contribution >= 0.6 is 11.6 Å². The van der Waals surface area contributed by atoms with Crippen LogP contribution < -0.4 is 10.6 Å². The van der Waals surface area contributed by atoms with Crippen LogP contribution in [0.15, 0.2) is 18.2 Å². The van der Waals surface area contributed by atoms with Gasteiger partial charge in [0.15, 0.2) is 0 Å². The first-order chi connectivity index (χ1) is 16.7. The van der Waals surface area contributed by atoms with E-state index >= 15 is 0 Å². The van der Waals surface area contributed by atoms with Gasteiger partial charge in [-0.1, -0.05) is 51.1 Å². The van der Waals surface area contributed by atoms with Crippen molar-refractivity contribution in [2.24, 2.45) is 5.92 Å². The highest BCUT2D eigenvalue weighted by atomic mass is 35.5. The molecule has 0 spiro atoms. The van der Waals surface area contributed by atoms with Crippen molar-refractivity contribution < 1.29 is 19.3 Å². The van der Waals surface area contributed by atoms with Gasteiger partial charge in [-0.2, -0.15) is 0 Å². The molecule has 1 aliphatic heterocycles. The van der Waals surface area contributed by atoms with E-state index in [9.17, 15) is 24.5 Å². The molecular weight excluding hydrogens is 474 g/mol. The summed E-state index contributed by atoms with van der Waals surface area (Å²) in [7, 11) is 0. The molecule has 35 heavy (non-hydrogen) atoms. The third kappa shape index (κ3) is 6.84. The van der Waals surface area contributed by atoms with Gasteiger partial charge < -0.3 is 20.4 Å². The SMILES string of the molecule is CCC(C)C(NC(=O)c1ccc(Cl)c([N+](=O)[O-])c1)C(=O)N1CCN(C(=O)NC2CCCCC2)CC1. The van der Waals surface area contributed by atoms with Gasteiger partial charge in [-0.05, 0) is 30.9 Å². The zero-order chi connectivity index (χ0) is 25.5. The van der Waals surface area contributed by atoms with E-state index in [-0.39, 0.29) is 40.2 Å². The number of halogens is 1. The van der Waals surface area contributed by atoms with E-state index in [2.05, 4.69) is 10.6 Å². The summed E-state index contributed by atoms with van der Waals surface area (Å²) in [5.74, 6) is -0.946. The summed E-state index contributed by atoms with van der Waals surface area (Å²) in [6.07, 6.45) is 6.17. The van der Waals surface area contributed by atoms with Crippen LogP contribution in [0.4, 0.5) is 10.5 Å². The van der Waals surface area contributed by atoms with Crippen LogP contribution in [0, 0.1) is 16.0 Å². The van der Waals surface area contributed by atoms with Gasteiger partial charge in [0, 0.05) is 43.9 Å². The number of hydrogen-bond acceptors (Lipinski definition) is 5. The molecule has 2 unspecified atom stereocenters. The number of nitrogens with zero attached hydrogens (tertiary/aromatic N) is 3. The van der Waals surface area contributed by atoms with E-state index in [1.807, 2.05) is 13.8 Å². The number of rotatable bonds is 7. The Labute approximate surface area is 210 Å². The smallest absolute Gasteiger partial charge is 0.317 e. The Morgan fingerprint density at radius 3 is 2.34 bits per heavy atom. The summed E-state index contributed by atoms with van der Waals surface area (Å²) in [6, 6.07) is 3.16. The number of nitro groups is 1. The molecule has 2 atom stereocenters. The number of piperazine rings is 1. The molecule has 1 saturated carbocycles. The predicted molar refractivity (Wildman–Crippen MR) is 132 cm³/mol. The Balaban J connectivity index is 1.61. The lowest BCUT2D eigenvalue weighted by Crippen LogP contribution is -2.59. The second-order valence-electron chi connectivity index (χ2n) is 9.36. The lowest BCUT2D eigenvalue weighted by Gasteiger charge is -2.38. The molecule has 1 saturated heterocycles. The fraction of sp³-hybridized carbons (Fsp3) is 0.625. The minimum absolute atomic E-state index is 0.0615. The van der Waals surface area contributed by atoms with Crippen LogP contribution in [0.2, 0.25) is 5.02 Å². The van der Waals surface area contributed by atoms with Crippen LogP contribution in [0.5, 0.6) is 0 Å². The number of urea groups is 1. The highest BCUT2D eigenvalue weighted by Gasteiger charge is 2.33. The third-order valence-electron chi connectivity index (χ3n) is 6.98. The largest absolute Gasteiger partial charge is 0.340 e. The Bertz CT molecular complexity index is 944. The Morgan fingerprint density at radius 1 is 1.11 bits per heavy atom. The zero-order valence-electron chi connectivity index (χ0n) is 20.3. The van der Waals surface area contributed by atoms with Gasteiger partial charge in [0.2, 0.25) is 5.91 Å². The van der Waals surface area contributed by atoms with Crippen molar-refractivity contribution in [3.8, 4) is 0 Å². The van der Waals surface area contributed by atoms with Crippen LogP contribution in [-0.2, 0) is 4.79 Å². The Hall–Kier alpha value is -2.88. The van der Waals surface area contributed by atoms with Crippen LogP contribution in [-0.4, -0.2) is 70.8 Å². The fourth-order valence-corrected chi connectivity index (χ4v) is 4.73. The molecule has 0 bridgehead atoms. The predicted octanol–water partition coefficient (Wildman–Crippen LogP) is 3.58. The van der Waals surface area contributed by atoms with E-state index in [1.165, 1.54) is 18.6 Å². The maximum absolute atomic E-state index is 13.4. The fourth-order valence-electron chi connectivity index (χ4n) is 4.54. The average Bonchev–Trinajstić information content (AvgIpc) is 2.87. The molecule has 10 nitrogen and oxygen atoms in total. The number of amides is 4. The molecule has 2 fully saturated rings. The number of nitrogens with one attached hydrogen (secondary N) is 2. The van der Waals surface area contributed by atoms with Gasteiger partial charge in [0.05, 0.1) is 4.92 Å². The van der Waals surface area contributed by atoms with Gasteiger partial charge in [0.1, 0.15) is 11.1 Å². The summed E-state index contributed by atoms with van der Waals surface area (Å²) >= 11 is 5.85. The molecular formula is C24H34ClN5O5. The monoisotopic (exact) mass is 507 g/mol. The minimum Gasteiger partial charge on any atom is -0.340 e. The van der Waals surface area contributed by atoms with Gasteiger partial charge in [0.25, 0.3) is 11.6 Å². The van der Waals surface area contributed by atoms with E-state index in [4.69, 9.17) is 11.6 Å². The molecule has 1 heterocycles. The summed E-state index contributed by atoms with van der Waals surface area (Å²) in [6.45, 7) is 5.42. The molecule has 192 valence electrons. The average molecular weight is 508 g/mol. The first kappa shape index (κ1) is 26.7. The Morgan fingerprint density at radius 2 is 1.74 bits per heavy atom. The molecule has 1 aromatic carbocycles. The van der Waals surface area contributed by atoms with Crippen molar-refractivity contribution in [3.05, 3.63) is 38.9 Å². The van der Waals surface area contributed by atoms with E-state index in [0.29, 0.717) is 32.6 Å². The highest BCUT2D eigenvalue weighted by Crippen LogP contribution is 2.25. The molecule has 0 aromatic heterocycles. The quantitative estimate of drug-likeness (QED) is 0.431. The number of benzene rings is 1. The molecule has 0 radical (unpaired) electrons. The topological polar surface area (TPSA) is 125 Å². The summed E-state index contributed by atoms with van der Waals surface area (Å²) in [4.78, 5) is 52.8. The van der Waals surface area contributed by atoms with Crippen molar-refractivity contribution in [2.45, 2.75) is 64.5 Å². The molecule has 4 amide bonds. The molecule has 2 N–H and O–H groups in total. The second kappa shape index (κ2) is 12.2. The summed E-state index contributed by atoms with van der Waals surface area (Å²) in [5.41, 5.74) is -0.306. The Kier molecular flexibility index (Phi) is 9.31. The van der Waals surface area contributed by atoms with Crippen molar-refractivity contribution in [2.75, 3.05) is 26.2 Å². The van der Waals surface area contributed by atoms with Crippen LogP contribution in [0.3, 0.4) is 0 Å². The maximum atomic E-state index is 13.4. The van der Waals surface area contributed by atoms with E-state index in [0.717, 1.165) is 31.7 Å². The highest BCUT2D eigenvalue weighted by molar-refractivity contribution is 6.32. The minimum atomic E-state index is -0.787. The molecule has 3 rings (SSSR count). The number of carbonyl (C=O) groups excluding carboxylic acids is 3.